The second-order valence-electron chi connectivity index (χ2n) is 4.06. The zero-order valence-corrected chi connectivity index (χ0v) is 10.6. The van der Waals surface area contributed by atoms with Crippen molar-refractivity contribution in [1.82, 2.24) is 5.32 Å². The summed E-state index contributed by atoms with van der Waals surface area (Å²) in [4.78, 5) is 11.3. The average molecular weight is 221 g/mol. The Labute approximate surface area is 99.1 Å². The summed E-state index contributed by atoms with van der Waals surface area (Å²) < 4.78 is 0. The van der Waals surface area contributed by atoms with Gasteiger partial charge in [-0.05, 0) is 19.3 Å². The number of hydrogen-bond acceptors (Lipinski definition) is 1. The van der Waals surface area contributed by atoms with E-state index < -0.39 is 0 Å². The Balaban J connectivity index is 3.55. The highest BCUT2D eigenvalue weighted by Gasteiger charge is 1.98. The van der Waals surface area contributed by atoms with Crippen molar-refractivity contribution in [3.8, 4) is 0 Å². The lowest BCUT2D eigenvalue weighted by Gasteiger charge is -2.05. The maximum Gasteiger partial charge on any atom is 0.223 e. The first-order chi connectivity index (χ1) is 7.66. The Morgan fingerprint density at radius 2 is 1.94 bits per heavy atom. The number of amides is 1. The number of carbonyl (C=O) groups excluding carboxylic acids is 1. The summed E-state index contributed by atoms with van der Waals surface area (Å²) in [6.45, 7) is 6.91. The monoisotopic (exact) mass is 221 g/mol. The second kappa shape index (κ2) is 10.2. The van der Waals surface area contributed by atoms with Gasteiger partial charge in [-0.25, -0.2) is 0 Å². The van der Waals surface area contributed by atoms with Crippen molar-refractivity contribution in [1.29, 1.82) is 0 Å². The standard InChI is InChI=1S/C14H23NO/c1-4-5-6-7-8-9-10-11-14(16)15-12-13(2)3/h4-7,9-10,13H,8,11-12H2,1-3H3,(H,15,16)/b5-4+,7-6-,10-9+. The van der Waals surface area contributed by atoms with Crippen molar-refractivity contribution in [2.75, 3.05) is 6.54 Å². The van der Waals surface area contributed by atoms with Gasteiger partial charge in [0.1, 0.15) is 0 Å². The molecule has 0 bridgehead atoms. The van der Waals surface area contributed by atoms with Gasteiger partial charge >= 0.3 is 0 Å². The lowest BCUT2D eigenvalue weighted by atomic mass is 10.2. The number of allylic oxidation sites excluding steroid dienone is 5. The van der Waals surface area contributed by atoms with Gasteiger partial charge in [0.05, 0.1) is 0 Å². The van der Waals surface area contributed by atoms with E-state index in [-0.39, 0.29) is 5.91 Å². The van der Waals surface area contributed by atoms with E-state index in [1.54, 1.807) is 0 Å². The van der Waals surface area contributed by atoms with Crippen molar-refractivity contribution in [3.05, 3.63) is 36.5 Å². The molecule has 0 aliphatic carbocycles. The van der Waals surface area contributed by atoms with Gasteiger partial charge < -0.3 is 5.32 Å². The van der Waals surface area contributed by atoms with Gasteiger partial charge in [0.2, 0.25) is 5.91 Å². The Hall–Kier alpha value is -1.31. The van der Waals surface area contributed by atoms with Gasteiger partial charge in [-0.2, -0.15) is 0 Å². The molecule has 0 rings (SSSR count). The van der Waals surface area contributed by atoms with Crippen molar-refractivity contribution >= 4 is 5.91 Å². The van der Waals surface area contributed by atoms with Crippen LogP contribution in [-0.4, -0.2) is 12.5 Å². The number of nitrogens with one attached hydrogen (secondary N) is 1. The van der Waals surface area contributed by atoms with Crippen LogP contribution >= 0.6 is 0 Å². The third-order valence-electron chi connectivity index (χ3n) is 1.89. The molecule has 0 saturated carbocycles. The molecule has 0 fully saturated rings. The number of carbonyl (C=O) groups is 1. The highest BCUT2D eigenvalue weighted by Crippen LogP contribution is 1.92. The topological polar surface area (TPSA) is 29.1 Å². The van der Waals surface area contributed by atoms with Crippen LogP contribution in [0, 0.1) is 5.92 Å². The van der Waals surface area contributed by atoms with E-state index in [9.17, 15) is 4.79 Å². The van der Waals surface area contributed by atoms with Gasteiger partial charge in [0.25, 0.3) is 0 Å². The average Bonchev–Trinajstić information content (AvgIpc) is 2.25. The van der Waals surface area contributed by atoms with Crippen molar-refractivity contribution < 1.29 is 4.79 Å². The van der Waals surface area contributed by atoms with Crippen LogP contribution in [-0.2, 0) is 4.79 Å². The van der Waals surface area contributed by atoms with E-state index in [1.807, 2.05) is 37.3 Å². The van der Waals surface area contributed by atoms with E-state index in [4.69, 9.17) is 0 Å². The van der Waals surface area contributed by atoms with E-state index in [2.05, 4.69) is 25.2 Å². The van der Waals surface area contributed by atoms with Crippen LogP contribution in [0.5, 0.6) is 0 Å². The molecule has 1 amide bonds. The minimum absolute atomic E-state index is 0.0994. The molecule has 0 heterocycles. The van der Waals surface area contributed by atoms with Gasteiger partial charge in [-0.15, -0.1) is 0 Å². The van der Waals surface area contributed by atoms with Gasteiger partial charge in [-0.3, -0.25) is 4.79 Å². The van der Waals surface area contributed by atoms with Crippen LogP contribution < -0.4 is 5.32 Å². The van der Waals surface area contributed by atoms with Crippen LogP contribution in [0.1, 0.15) is 33.6 Å². The van der Waals surface area contributed by atoms with Crippen LogP contribution in [0.15, 0.2) is 36.5 Å². The summed E-state index contributed by atoms with van der Waals surface area (Å²) in [5.41, 5.74) is 0. The molecule has 0 spiro atoms. The summed E-state index contributed by atoms with van der Waals surface area (Å²) in [5.74, 6) is 0.610. The quantitative estimate of drug-likeness (QED) is 0.519. The lowest BCUT2D eigenvalue weighted by molar-refractivity contribution is -0.120. The molecule has 90 valence electrons. The summed E-state index contributed by atoms with van der Waals surface area (Å²) in [7, 11) is 0. The molecule has 16 heavy (non-hydrogen) atoms. The van der Waals surface area contributed by atoms with E-state index >= 15 is 0 Å². The van der Waals surface area contributed by atoms with Crippen LogP contribution in [0.25, 0.3) is 0 Å². The Kier molecular flexibility index (Phi) is 9.38. The third kappa shape index (κ3) is 10.8. The SMILES string of the molecule is C/C=C/C=C\C/C=C/CC(=O)NCC(C)C. The molecule has 0 atom stereocenters. The molecule has 2 heteroatoms. The van der Waals surface area contributed by atoms with E-state index in [1.165, 1.54) is 0 Å². The highest BCUT2D eigenvalue weighted by atomic mass is 16.1. The fourth-order valence-corrected chi connectivity index (χ4v) is 1.02. The van der Waals surface area contributed by atoms with Crippen molar-refractivity contribution in [3.63, 3.8) is 0 Å². The maximum absolute atomic E-state index is 11.3. The maximum atomic E-state index is 11.3. The molecule has 0 unspecified atom stereocenters. The first-order valence-corrected chi connectivity index (χ1v) is 5.86. The molecule has 0 aliphatic heterocycles. The van der Waals surface area contributed by atoms with Gasteiger partial charge in [0.15, 0.2) is 0 Å². The van der Waals surface area contributed by atoms with Crippen molar-refractivity contribution in [2.24, 2.45) is 5.92 Å². The Morgan fingerprint density at radius 1 is 1.19 bits per heavy atom. The summed E-state index contributed by atoms with van der Waals surface area (Å²) in [6.07, 6.45) is 13.3. The third-order valence-corrected chi connectivity index (χ3v) is 1.89. The predicted molar refractivity (Wildman–Crippen MR) is 70.2 cm³/mol. The normalized spacial score (nSPS) is 12.2. The summed E-state index contributed by atoms with van der Waals surface area (Å²) in [6, 6.07) is 0. The fourth-order valence-electron chi connectivity index (χ4n) is 1.02. The lowest BCUT2D eigenvalue weighted by Crippen LogP contribution is -2.26. The fraction of sp³-hybridized carbons (Fsp3) is 0.500. The Bertz CT molecular complexity index is 262. The predicted octanol–water partition coefficient (Wildman–Crippen LogP) is 3.23. The summed E-state index contributed by atoms with van der Waals surface area (Å²) >= 11 is 0. The zero-order valence-electron chi connectivity index (χ0n) is 10.6. The molecule has 1 N–H and O–H groups in total. The first kappa shape index (κ1) is 14.7. The van der Waals surface area contributed by atoms with Crippen LogP contribution in [0.3, 0.4) is 0 Å². The molecule has 0 saturated heterocycles. The molecular formula is C14H23NO. The molecule has 0 aromatic heterocycles. The second-order valence-corrected chi connectivity index (χ2v) is 4.06. The largest absolute Gasteiger partial charge is 0.356 e. The van der Waals surface area contributed by atoms with E-state index in [0.29, 0.717) is 12.3 Å². The van der Waals surface area contributed by atoms with Gasteiger partial charge in [0, 0.05) is 13.0 Å². The molecule has 2 nitrogen and oxygen atoms in total. The number of rotatable bonds is 7. The smallest absolute Gasteiger partial charge is 0.223 e. The summed E-state index contributed by atoms with van der Waals surface area (Å²) in [5, 5.41) is 2.87. The van der Waals surface area contributed by atoms with E-state index in [0.717, 1.165) is 13.0 Å². The minimum Gasteiger partial charge on any atom is -0.356 e. The van der Waals surface area contributed by atoms with Gasteiger partial charge in [-0.1, -0.05) is 50.3 Å². The highest BCUT2D eigenvalue weighted by molar-refractivity contribution is 5.77. The zero-order chi connectivity index (χ0) is 12.2. The molecule has 0 radical (unpaired) electrons. The molecule has 0 aliphatic rings. The first-order valence-electron chi connectivity index (χ1n) is 5.86. The Morgan fingerprint density at radius 3 is 2.56 bits per heavy atom. The van der Waals surface area contributed by atoms with Crippen LogP contribution in [0.2, 0.25) is 0 Å². The van der Waals surface area contributed by atoms with Crippen molar-refractivity contribution in [2.45, 2.75) is 33.6 Å². The molecule has 0 aromatic carbocycles. The number of hydrogen-bond donors (Lipinski definition) is 1. The molecule has 0 aromatic rings. The molecular weight excluding hydrogens is 198 g/mol. The minimum atomic E-state index is 0.0994. The van der Waals surface area contributed by atoms with Crippen LogP contribution in [0.4, 0.5) is 0 Å².